The van der Waals surface area contributed by atoms with Crippen LogP contribution in [-0.2, 0) is 18.2 Å². The molecule has 0 spiro atoms. The number of aromatic nitrogens is 2. The molecule has 1 unspecified atom stereocenters. The van der Waals surface area contributed by atoms with Crippen molar-refractivity contribution in [1.82, 2.24) is 20.0 Å². The minimum Gasteiger partial charge on any atom is -0.406 e. The molecule has 31 heavy (non-hydrogen) atoms. The third kappa shape index (κ3) is 7.87. The smallest absolute Gasteiger partial charge is 0.406 e. The number of hydrogen-bond acceptors (Lipinski definition) is 4. The summed E-state index contributed by atoms with van der Waals surface area (Å²) in [4.78, 5) is 6.85. The predicted molar refractivity (Wildman–Crippen MR) is 122 cm³/mol. The molecule has 3 rings (SSSR count). The Balaban J connectivity index is 0.00000341. The first-order valence-electron chi connectivity index (χ1n) is 9.82. The summed E-state index contributed by atoms with van der Waals surface area (Å²) in [6, 6.07) is 5.88. The number of nitrogens with zero attached hydrogens (tertiary/aromatic N) is 4. The Hall–Kier alpha value is -2.02. The van der Waals surface area contributed by atoms with Gasteiger partial charge < -0.3 is 19.7 Å². The highest BCUT2D eigenvalue weighted by atomic mass is 127. The van der Waals surface area contributed by atoms with Gasteiger partial charge in [-0.15, -0.1) is 37.1 Å². The van der Waals surface area contributed by atoms with Gasteiger partial charge in [0.05, 0.1) is 19.3 Å². The lowest BCUT2D eigenvalue weighted by molar-refractivity contribution is -0.274. The molecule has 1 aromatic carbocycles. The molecule has 1 saturated heterocycles. The van der Waals surface area contributed by atoms with E-state index < -0.39 is 6.36 Å². The normalized spacial score (nSPS) is 17.3. The highest BCUT2D eigenvalue weighted by molar-refractivity contribution is 14.0. The number of ether oxygens (including phenoxy) is 2. The number of benzene rings is 1. The minimum absolute atomic E-state index is 0. The highest BCUT2D eigenvalue weighted by Crippen LogP contribution is 2.23. The Kier molecular flexibility index (Phi) is 9.41. The number of morpholine rings is 1. The summed E-state index contributed by atoms with van der Waals surface area (Å²) in [6.45, 7) is 5.24. The van der Waals surface area contributed by atoms with Gasteiger partial charge in [0.25, 0.3) is 0 Å². The summed E-state index contributed by atoms with van der Waals surface area (Å²) >= 11 is 0. The van der Waals surface area contributed by atoms with Crippen LogP contribution in [-0.4, -0.2) is 59.8 Å². The average Bonchev–Trinajstić information content (AvgIpc) is 3.14. The number of guanidine groups is 1. The summed E-state index contributed by atoms with van der Waals surface area (Å²) in [7, 11) is 1.87. The topological polar surface area (TPSA) is 63.9 Å². The van der Waals surface area contributed by atoms with E-state index in [4.69, 9.17) is 9.73 Å². The summed E-state index contributed by atoms with van der Waals surface area (Å²) in [6.07, 6.45) is -0.387. The van der Waals surface area contributed by atoms with Crippen molar-refractivity contribution in [1.29, 1.82) is 0 Å². The number of hydrogen-bond donors (Lipinski definition) is 1. The van der Waals surface area contributed by atoms with E-state index in [0.29, 0.717) is 26.1 Å². The van der Waals surface area contributed by atoms with Crippen LogP contribution in [0.15, 0.2) is 41.7 Å². The average molecular weight is 553 g/mol. The van der Waals surface area contributed by atoms with Gasteiger partial charge in [0, 0.05) is 38.4 Å². The summed E-state index contributed by atoms with van der Waals surface area (Å²) in [5, 5.41) is 7.51. The van der Waals surface area contributed by atoms with Gasteiger partial charge in [-0.2, -0.15) is 5.10 Å². The lowest BCUT2D eigenvalue weighted by Gasteiger charge is -2.34. The molecular formula is C20H27F3IN5O2. The number of aryl methyl sites for hydroxylation is 1. The maximum Gasteiger partial charge on any atom is 0.573 e. The largest absolute Gasteiger partial charge is 0.573 e. The molecule has 172 valence electrons. The molecule has 1 N–H and O–H groups in total. The maximum atomic E-state index is 12.3. The molecule has 0 aliphatic carbocycles. The van der Waals surface area contributed by atoms with Crippen LogP contribution < -0.4 is 10.1 Å². The standard InChI is InChI=1S/C20H26F3N5O2.HI/c1-3-24-19(28-10-11-29-18(14-28)16-12-26-27(2)13-16)25-9-8-15-4-6-17(7-5-15)30-20(21,22)23;/h4-7,12-13,18H,3,8-11,14H2,1-2H3,(H,24,25);1H. The molecular weight excluding hydrogens is 526 g/mol. The molecule has 11 heteroatoms. The predicted octanol–water partition coefficient (Wildman–Crippen LogP) is 3.52. The van der Waals surface area contributed by atoms with Crippen molar-refractivity contribution in [2.75, 3.05) is 32.8 Å². The third-order valence-corrected chi connectivity index (χ3v) is 4.62. The maximum absolute atomic E-state index is 12.3. The van der Waals surface area contributed by atoms with Crippen LogP contribution >= 0.6 is 24.0 Å². The van der Waals surface area contributed by atoms with E-state index in [-0.39, 0.29) is 35.8 Å². The van der Waals surface area contributed by atoms with Gasteiger partial charge >= 0.3 is 6.36 Å². The van der Waals surface area contributed by atoms with Crippen LogP contribution in [0.2, 0.25) is 0 Å². The van der Waals surface area contributed by atoms with Crippen molar-refractivity contribution in [3.63, 3.8) is 0 Å². The first kappa shape index (κ1) is 25.2. The molecule has 0 bridgehead atoms. The number of nitrogens with one attached hydrogen (secondary N) is 1. The van der Waals surface area contributed by atoms with Gasteiger partial charge in [0.1, 0.15) is 11.9 Å². The quantitative estimate of drug-likeness (QED) is 0.337. The Morgan fingerprint density at radius 1 is 1.32 bits per heavy atom. The molecule has 2 aromatic rings. The zero-order valence-corrected chi connectivity index (χ0v) is 19.8. The van der Waals surface area contributed by atoms with E-state index >= 15 is 0 Å². The van der Waals surface area contributed by atoms with Crippen LogP contribution in [0.4, 0.5) is 13.2 Å². The van der Waals surface area contributed by atoms with Crippen LogP contribution in [0.1, 0.15) is 24.2 Å². The molecule has 1 aliphatic rings. The fraction of sp³-hybridized carbons (Fsp3) is 0.500. The lowest BCUT2D eigenvalue weighted by Crippen LogP contribution is -2.48. The highest BCUT2D eigenvalue weighted by Gasteiger charge is 2.31. The monoisotopic (exact) mass is 553 g/mol. The SMILES string of the molecule is CCNC(=NCCc1ccc(OC(F)(F)F)cc1)N1CCOC(c2cnn(C)c2)C1.I. The van der Waals surface area contributed by atoms with Crippen LogP contribution in [0.3, 0.4) is 0 Å². The second kappa shape index (κ2) is 11.6. The van der Waals surface area contributed by atoms with Gasteiger partial charge in [0.15, 0.2) is 5.96 Å². The second-order valence-corrected chi connectivity index (χ2v) is 6.93. The van der Waals surface area contributed by atoms with Crippen LogP contribution in [0.25, 0.3) is 0 Å². The minimum atomic E-state index is -4.68. The fourth-order valence-corrected chi connectivity index (χ4v) is 3.22. The first-order chi connectivity index (χ1) is 14.3. The van der Waals surface area contributed by atoms with Gasteiger partial charge in [-0.25, -0.2) is 0 Å². The third-order valence-electron chi connectivity index (χ3n) is 4.62. The Bertz CT molecular complexity index is 842. The zero-order chi connectivity index (χ0) is 21.6. The summed E-state index contributed by atoms with van der Waals surface area (Å²) < 4.78 is 48.3. The van der Waals surface area contributed by atoms with Gasteiger partial charge in [0.2, 0.25) is 0 Å². The zero-order valence-electron chi connectivity index (χ0n) is 17.4. The number of aliphatic imine (C=N–C) groups is 1. The van der Waals surface area contributed by atoms with Crippen LogP contribution in [0.5, 0.6) is 5.75 Å². The van der Waals surface area contributed by atoms with Crippen molar-refractivity contribution in [2.45, 2.75) is 25.8 Å². The molecule has 0 amide bonds. The van der Waals surface area contributed by atoms with E-state index in [1.54, 1.807) is 16.8 Å². The van der Waals surface area contributed by atoms with Crippen molar-refractivity contribution in [3.8, 4) is 5.75 Å². The first-order valence-corrected chi connectivity index (χ1v) is 9.82. The number of rotatable bonds is 6. The molecule has 1 atom stereocenters. The molecule has 2 heterocycles. The van der Waals surface area contributed by atoms with E-state index in [1.807, 2.05) is 26.4 Å². The number of halogens is 4. The number of alkyl halides is 3. The van der Waals surface area contributed by atoms with Crippen molar-refractivity contribution < 1.29 is 22.6 Å². The summed E-state index contributed by atoms with van der Waals surface area (Å²) in [5.74, 6) is 0.574. The lowest BCUT2D eigenvalue weighted by atomic mass is 10.1. The Morgan fingerprint density at radius 3 is 2.68 bits per heavy atom. The van der Waals surface area contributed by atoms with E-state index in [1.165, 1.54) is 12.1 Å². The molecule has 1 fully saturated rings. The molecule has 0 radical (unpaired) electrons. The summed E-state index contributed by atoms with van der Waals surface area (Å²) in [5.41, 5.74) is 1.92. The molecule has 1 aliphatic heterocycles. The van der Waals surface area contributed by atoms with Gasteiger partial charge in [-0.3, -0.25) is 9.67 Å². The van der Waals surface area contributed by atoms with E-state index in [0.717, 1.165) is 30.2 Å². The van der Waals surface area contributed by atoms with E-state index in [2.05, 4.69) is 20.1 Å². The van der Waals surface area contributed by atoms with Gasteiger partial charge in [-0.05, 0) is 31.0 Å². The Morgan fingerprint density at radius 2 is 2.06 bits per heavy atom. The van der Waals surface area contributed by atoms with Crippen molar-refractivity contribution >= 4 is 29.9 Å². The molecule has 1 aromatic heterocycles. The van der Waals surface area contributed by atoms with Crippen molar-refractivity contribution in [3.05, 3.63) is 47.8 Å². The second-order valence-electron chi connectivity index (χ2n) is 6.93. The van der Waals surface area contributed by atoms with Crippen molar-refractivity contribution in [2.24, 2.45) is 12.0 Å². The van der Waals surface area contributed by atoms with Gasteiger partial charge in [-0.1, -0.05) is 12.1 Å². The molecule has 0 saturated carbocycles. The van der Waals surface area contributed by atoms with Crippen LogP contribution in [0, 0.1) is 0 Å². The molecule has 7 nitrogen and oxygen atoms in total. The Labute approximate surface area is 196 Å². The van der Waals surface area contributed by atoms with E-state index in [9.17, 15) is 13.2 Å². The fourth-order valence-electron chi connectivity index (χ4n) is 3.22.